The fraction of sp³-hybridized carbons (Fsp3) is 0.500. The van der Waals surface area contributed by atoms with Crippen molar-refractivity contribution in [2.45, 2.75) is 35.1 Å². The van der Waals surface area contributed by atoms with E-state index in [2.05, 4.69) is 0 Å². The lowest BCUT2D eigenvalue weighted by atomic mass is 10.1. The van der Waals surface area contributed by atoms with E-state index in [-0.39, 0.29) is 22.8 Å². The van der Waals surface area contributed by atoms with Crippen LogP contribution in [0.25, 0.3) is 0 Å². The van der Waals surface area contributed by atoms with Gasteiger partial charge >= 0.3 is 5.97 Å². The summed E-state index contributed by atoms with van der Waals surface area (Å²) in [5, 5.41) is 9.27. The van der Waals surface area contributed by atoms with Gasteiger partial charge in [-0.3, -0.25) is 4.79 Å². The molecule has 8 nitrogen and oxygen atoms in total. The zero-order chi connectivity index (χ0) is 18.1. The maximum atomic E-state index is 12.8. The number of carboxylic acid groups (broad SMARTS) is 1. The fourth-order valence-electron chi connectivity index (χ4n) is 2.58. The minimum Gasteiger partial charge on any atom is -0.480 e. The average Bonchev–Trinajstić information content (AvgIpc) is 2.54. The van der Waals surface area contributed by atoms with Crippen LogP contribution in [0.4, 0.5) is 0 Å². The molecule has 1 atom stereocenters. The van der Waals surface area contributed by atoms with Gasteiger partial charge in [-0.05, 0) is 37.5 Å². The van der Waals surface area contributed by atoms with Gasteiger partial charge in [0, 0.05) is 20.6 Å². The lowest BCUT2D eigenvalue weighted by Crippen LogP contribution is -2.47. The van der Waals surface area contributed by atoms with Crippen LogP contribution >= 0.6 is 0 Å². The van der Waals surface area contributed by atoms with Crippen molar-refractivity contribution < 1.29 is 26.7 Å². The summed E-state index contributed by atoms with van der Waals surface area (Å²) in [5.41, 5.74) is 0. The highest BCUT2D eigenvalue weighted by Crippen LogP contribution is 2.27. The molecule has 134 valence electrons. The standard InChI is InChI=1S/C14H20N2O6S2/c1-15(2)23(19,20)11-6-5-7-12(10-11)24(21,22)16-9-4-3-8-13(16)14(17)18/h5-7,10,13H,3-4,8-9H2,1-2H3,(H,17,18). The molecule has 0 aromatic heterocycles. The predicted molar refractivity (Wildman–Crippen MR) is 86.5 cm³/mol. The van der Waals surface area contributed by atoms with E-state index in [1.807, 2.05) is 0 Å². The van der Waals surface area contributed by atoms with Crippen LogP contribution in [0.15, 0.2) is 34.1 Å². The third-order valence-corrected chi connectivity index (χ3v) is 7.64. The highest BCUT2D eigenvalue weighted by atomic mass is 32.2. The zero-order valence-corrected chi connectivity index (χ0v) is 15.0. The number of hydrogen-bond donors (Lipinski definition) is 1. The van der Waals surface area contributed by atoms with Crippen molar-refractivity contribution >= 4 is 26.0 Å². The number of piperidine rings is 1. The molecule has 0 spiro atoms. The Kier molecular flexibility index (Phi) is 5.33. The molecule has 1 aromatic rings. The normalized spacial score (nSPS) is 20.2. The Morgan fingerprint density at radius 3 is 2.38 bits per heavy atom. The smallest absolute Gasteiger partial charge is 0.322 e. The fourth-order valence-corrected chi connectivity index (χ4v) is 5.30. The molecule has 0 radical (unpaired) electrons. The minimum atomic E-state index is -4.10. The number of rotatable bonds is 5. The van der Waals surface area contributed by atoms with Crippen LogP contribution in [0.5, 0.6) is 0 Å². The Balaban J connectivity index is 2.48. The van der Waals surface area contributed by atoms with Crippen LogP contribution in [0.2, 0.25) is 0 Å². The van der Waals surface area contributed by atoms with Gasteiger partial charge in [-0.1, -0.05) is 6.07 Å². The molecule has 1 aliphatic rings. The van der Waals surface area contributed by atoms with Crippen LogP contribution < -0.4 is 0 Å². The molecule has 1 saturated heterocycles. The summed E-state index contributed by atoms with van der Waals surface area (Å²) in [6.45, 7) is 0.101. The van der Waals surface area contributed by atoms with E-state index in [4.69, 9.17) is 0 Å². The van der Waals surface area contributed by atoms with E-state index < -0.39 is 32.1 Å². The van der Waals surface area contributed by atoms with Crippen molar-refractivity contribution in [3.63, 3.8) is 0 Å². The van der Waals surface area contributed by atoms with E-state index in [0.717, 1.165) is 14.7 Å². The van der Waals surface area contributed by atoms with Crippen molar-refractivity contribution in [3.8, 4) is 0 Å². The first-order valence-corrected chi connectivity index (χ1v) is 10.2. The molecule has 24 heavy (non-hydrogen) atoms. The molecular weight excluding hydrogens is 356 g/mol. The number of carbonyl (C=O) groups is 1. The Hall–Kier alpha value is -1.49. The average molecular weight is 376 g/mol. The number of benzene rings is 1. The summed E-state index contributed by atoms with van der Waals surface area (Å²) in [5.74, 6) is -1.20. The molecule has 0 aliphatic carbocycles. The number of sulfonamides is 2. The first-order chi connectivity index (χ1) is 11.1. The maximum absolute atomic E-state index is 12.8. The number of aliphatic carboxylic acids is 1. The first kappa shape index (κ1) is 18.8. The summed E-state index contributed by atoms with van der Waals surface area (Å²) in [4.78, 5) is 11.0. The Morgan fingerprint density at radius 1 is 1.17 bits per heavy atom. The maximum Gasteiger partial charge on any atom is 0.322 e. The third-order valence-electron chi connectivity index (χ3n) is 3.93. The summed E-state index contributed by atoms with van der Waals surface area (Å²) in [6.07, 6.45) is 1.45. The van der Waals surface area contributed by atoms with Gasteiger partial charge in [-0.25, -0.2) is 21.1 Å². The topological polar surface area (TPSA) is 112 Å². The van der Waals surface area contributed by atoms with Gasteiger partial charge < -0.3 is 5.11 Å². The van der Waals surface area contributed by atoms with Gasteiger partial charge in [-0.2, -0.15) is 4.31 Å². The van der Waals surface area contributed by atoms with E-state index in [1.165, 1.54) is 32.3 Å². The highest BCUT2D eigenvalue weighted by molar-refractivity contribution is 7.90. The summed E-state index contributed by atoms with van der Waals surface area (Å²) >= 11 is 0. The Labute approximate surface area is 141 Å². The molecule has 0 saturated carbocycles. The highest BCUT2D eigenvalue weighted by Gasteiger charge is 2.38. The second-order valence-electron chi connectivity index (χ2n) is 5.73. The summed E-state index contributed by atoms with van der Waals surface area (Å²) in [7, 11) is -5.18. The molecule has 1 unspecified atom stereocenters. The number of nitrogens with zero attached hydrogens (tertiary/aromatic N) is 2. The van der Waals surface area contributed by atoms with Crippen LogP contribution in [0.1, 0.15) is 19.3 Å². The summed E-state index contributed by atoms with van der Waals surface area (Å²) < 4.78 is 51.9. The second-order valence-corrected chi connectivity index (χ2v) is 9.77. The van der Waals surface area contributed by atoms with Gasteiger partial charge in [-0.15, -0.1) is 0 Å². The van der Waals surface area contributed by atoms with Gasteiger partial charge in [0.15, 0.2) is 0 Å². The molecule has 10 heteroatoms. The Morgan fingerprint density at radius 2 is 1.79 bits per heavy atom. The molecule has 0 bridgehead atoms. The van der Waals surface area contributed by atoms with Gasteiger partial charge in [0.2, 0.25) is 20.0 Å². The number of carboxylic acids is 1. The molecule has 2 rings (SSSR count). The van der Waals surface area contributed by atoms with Crippen molar-refractivity contribution in [3.05, 3.63) is 24.3 Å². The van der Waals surface area contributed by atoms with Crippen LogP contribution in [0.3, 0.4) is 0 Å². The second kappa shape index (κ2) is 6.79. The first-order valence-electron chi connectivity index (χ1n) is 7.35. The van der Waals surface area contributed by atoms with Gasteiger partial charge in [0.25, 0.3) is 0 Å². The van der Waals surface area contributed by atoms with Crippen LogP contribution in [0, 0.1) is 0 Å². The Bertz CT molecular complexity index is 833. The van der Waals surface area contributed by atoms with E-state index in [1.54, 1.807) is 0 Å². The van der Waals surface area contributed by atoms with Crippen molar-refractivity contribution in [1.82, 2.24) is 8.61 Å². The summed E-state index contributed by atoms with van der Waals surface area (Å²) in [6, 6.07) is 3.86. The van der Waals surface area contributed by atoms with Crippen molar-refractivity contribution in [1.29, 1.82) is 0 Å². The van der Waals surface area contributed by atoms with E-state index >= 15 is 0 Å². The van der Waals surface area contributed by atoms with Gasteiger partial charge in [0.05, 0.1) is 9.79 Å². The lowest BCUT2D eigenvalue weighted by molar-refractivity contribution is -0.142. The quantitative estimate of drug-likeness (QED) is 0.804. The molecular formula is C14H20N2O6S2. The van der Waals surface area contributed by atoms with E-state index in [9.17, 15) is 26.7 Å². The van der Waals surface area contributed by atoms with E-state index in [0.29, 0.717) is 12.8 Å². The van der Waals surface area contributed by atoms with Crippen LogP contribution in [-0.4, -0.2) is 63.2 Å². The molecule has 1 N–H and O–H groups in total. The van der Waals surface area contributed by atoms with Crippen molar-refractivity contribution in [2.75, 3.05) is 20.6 Å². The lowest BCUT2D eigenvalue weighted by Gasteiger charge is -2.31. The van der Waals surface area contributed by atoms with Gasteiger partial charge in [0.1, 0.15) is 6.04 Å². The van der Waals surface area contributed by atoms with Crippen LogP contribution in [-0.2, 0) is 24.8 Å². The largest absolute Gasteiger partial charge is 0.480 e. The third kappa shape index (κ3) is 3.46. The minimum absolute atomic E-state index is 0.101. The monoisotopic (exact) mass is 376 g/mol. The van der Waals surface area contributed by atoms with Crippen molar-refractivity contribution in [2.24, 2.45) is 0 Å². The predicted octanol–water partition coefficient (Wildman–Crippen LogP) is 0.565. The zero-order valence-electron chi connectivity index (χ0n) is 13.4. The molecule has 1 heterocycles. The molecule has 1 aliphatic heterocycles. The molecule has 1 aromatic carbocycles. The molecule has 1 fully saturated rings. The molecule has 0 amide bonds. The SMILES string of the molecule is CN(C)S(=O)(=O)c1cccc(S(=O)(=O)N2CCCCC2C(=O)O)c1. The number of hydrogen-bond acceptors (Lipinski definition) is 5.